The summed E-state index contributed by atoms with van der Waals surface area (Å²) in [6, 6.07) is 44.4. The number of hydrogen-bond acceptors (Lipinski definition) is 3. The van der Waals surface area contributed by atoms with E-state index in [0.717, 1.165) is 66.5 Å². The average Bonchev–Trinajstić information content (AvgIpc) is 3.09. The Morgan fingerprint density at radius 1 is 0.682 bits per heavy atom. The van der Waals surface area contributed by atoms with Crippen molar-refractivity contribution >= 4 is 55.3 Å². The molecule has 0 radical (unpaired) electrons. The van der Waals surface area contributed by atoms with Gasteiger partial charge in [0.1, 0.15) is 0 Å². The van der Waals surface area contributed by atoms with Gasteiger partial charge >= 0.3 is 0 Å². The molecule has 0 fully saturated rings. The van der Waals surface area contributed by atoms with Crippen LogP contribution in [-0.2, 0) is 0 Å². The number of hydrogen-bond donors (Lipinski definition) is 0. The predicted molar refractivity (Wildman–Crippen MR) is 186 cm³/mol. The van der Waals surface area contributed by atoms with Crippen LogP contribution in [-0.4, -0.2) is 9.97 Å². The summed E-state index contributed by atoms with van der Waals surface area (Å²) < 4.78 is 0. The lowest BCUT2D eigenvalue weighted by Crippen LogP contribution is -2.12. The third-order valence-electron chi connectivity index (χ3n) is 7.90. The fraction of sp³-hybridized carbons (Fsp3) is 0.0244. The zero-order valence-electron chi connectivity index (χ0n) is 24.4. The number of rotatable bonds is 6. The van der Waals surface area contributed by atoms with Crippen LogP contribution in [0, 0.1) is 12.3 Å². The summed E-state index contributed by atoms with van der Waals surface area (Å²) in [4.78, 5) is 12.2. The number of anilines is 3. The van der Waals surface area contributed by atoms with E-state index < -0.39 is 0 Å². The molecular formula is C41H29N3. The molecular weight excluding hydrogens is 534 g/mol. The van der Waals surface area contributed by atoms with Gasteiger partial charge in [-0.2, -0.15) is 0 Å². The van der Waals surface area contributed by atoms with Crippen LogP contribution < -0.4 is 4.90 Å². The maximum atomic E-state index is 5.88. The Hall–Kier alpha value is -5.98. The molecule has 0 atom stereocenters. The molecule has 0 saturated carbocycles. The number of benzene rings is 5. The molecule has 0 amide bonds. The fourth-order valence-corrected chi connectivity index (χ4v) is 5.76. The number of nitrogens with zero attached hydrogens (tertiary/aromatic N) is 3. The highest BCUT2D eigenvalue weighted by atomic mass is 15.1. The quantitative estimate of drug-likeness (QED) is 0.0872. The highest BCUT2D eigenvalue weighted by molar-refractivity contribution is 6.17. The van der Waals surface area contributed by atoms with Gasteiger partial charge in [0.2, 0.25) is 0 Å². The molecule has 7 aromatic rings. The topological polar surface area (TPSA) is 29.0 Å². The standard InChI is InChI=1S/C41H29N3/c1-3-5-12-29(4-2)31-18-23-34(24-19-31)44(35-25-20-32(21-26-35)30-13-7-6-8-14-30)41-36-16-9-10-17-38(36)43-40-37(41)27-22-33-15-11-28-42-39(33)40/h2-3,5-28H,1H3/b5-3-,29-12+. The smallest absolute Gasteiger partial charge is 0.0993 e. The Kier molecular flexibility index (Phi) is 7.16. The summed E-state index contributed by atoms with van der Waals surface area (Å²) in [6.07, 6.45) is 13.6. The van der Waals surface area contributed by atoms with Crippen molar-refractivity contribution in [3.63, 3.8) is 0 Å². The van der Waals surface area contributed by atoms with Crippen LogP contribution in [0.3, 0.4) is 0 Å². The highest BCUT2D eigenvalue weighted by Gasteiger charge is 2.21. The number of allylic oxidation sites excluding steroid dienone is 4. The lowest BCUT2D eigenvalue weighted by molar-refractivity contribution is 1.30. The Labute approximate surface area is 257 Å². The van der Waals surface area contributed by atoms with Gasteiger partial charge in [-0.25, -0.2) is 4.98 Å². The lowest BCUT2D eigenvalue weighted by atomic mass is 10.0. The minimum atomic E-state index is 0.839. The minimum absolute atomic E-state index is 0.839. The second kappa shape index (κ2) is 11.7. The van der Waals surface area contributed by atoms with Gasteiger partial charge in [0.15, 0.2) is 0 Å². The van der Waals surface area contributed by atoms with Gasteiger partial charge in [-0.05, 0) is 72.2 Å². The zero-order chi connectivity index (χ0) is 29.9. The Balaban J connectivity index is 1.49. The van der Waals surface area contributed by atoms with Crippen LogP contribution in [0.2, 0.25) is 0 Å². The molecule has 3 heteroatoms. The number of fused-ring (bicyclic) bond motifs is 4. The average molecular weight is 564 g/mol. The molecule has 2 aromatic heterocycles. The summed E-state index contributed by atoms with van der Waals surface area (Å²) in [7, 11) is 0. The van der Waals surface area contributed by atoms with Gasteiger partial charge in [0, 0.05) is 39.3 Å². The van der Waals surface area contributed by atoms with Crippen LogP contribution in [0.25, 0.3) is 49.4 Å². The monoisotopic (exact) mass is 563 g/mol. The van der Waals surface area contributed by atoms with E-state index in [1.54, 1.807) is 0 Å². The van der Waals surface area contributed by atoms with Gasteiger partial charge in [-0.1, -0.05) is 103 Å². The first-order chi connectivity index (χ1) is 21.7. The van der Waals surface area contributed by atoms with Crippen LogP contribution in [0.1, 0.15) is 12.5 Å². The SMILES string of the molecule is C#C/C(=C\C=C/C)c1ccc(N(c2ccc(-c3ccccc3)cc2)c2c3ccccc3nc3c2ccc2cccnc23)cc1. The first kappa shape index (κ1) is 26.9. The molecule has 5 aromatic carbocycles. The Bertz CT molecular complexity index is 2220. The molecule has 0 saturated heterocycles. The molecule has 0 unspecified atom stereocenters. The van der Waals surface area contributed by atoms with E-state index in [0.29, 0.717) is 0 Å². The van der Waals surface area contributed by atoms with Crippen molar-refractivity contribution in [2.24, 2.45) is 0 Å². The number of para-hydroxylation sites is 1. The van der Waals surface area contributed by atoms with E-state index >= 15 is 0 Å². The van der Waals surface area contributed by atoms with E-state index in [-0.39, 0.29) is 0 Å². The van der Waals surface area contributed by atoms with E-state index in [4.69, 9.17) is 16.4 Å². The van der Waals surface area contributed by atoms with Crippen molar-refractivity contribution in [2.45, 2.75) is 6.92 Å². The van der Waals surface area contributed by atoms with E-state index in [9.17, 15) is 0 Å². The molecule has 0 spiro atoms. The second-order valence-corrected chi connectivity index (χ2v) is 10.6. The summed E-state index contributed by atoms with van der Waals surface area (Å²) in [5, 5.41) is 3.15. The molecule has 44 heavy (non-hydrogen) atoms. The molecule has 2 heterocycles. The first-order valence-corrected chi connectivity index (χ1v) is 14.7. The van der Waals surface area contributed by atoms with Crippen LogP contribution in [0.15, 0.2) is 152 Å². The van der Waals surface area contributed by atoms with Crippen molar-refractivity contribution in [3.8, 4) is 23.5 Å². The molecule has 208 valence electrons. The summed E-state index contributed by atoms with van der Waals surface area (Å²) in [6.45, 7) is 1.98. The summed E-state index contributed by atoms with van der Waals surface area (Å²) in [5.74, 6) is 2.83. The Morgan fingerprint density at radius 3 is 2.14 bits per heavy atom. The predicted octanol–water partition coefficient (Wildman–Crippen LogP) is 10.7. The van der Waals surface area contributed by atoms with Crippen LogP contribution in [0.5, 0.6) is 0 Å². The Morgan fingerprint density at radius 2 is 1.39 bits per heavy atom. The maximum absolute atomic E-state index is 5.88. The van der Waals surface area contributed by atoms with E-state index in [2.05, 4.69) is 120 Å². The third kappa shape index (κ3) is 4.89. The van der Waals surface area contributed by atoms with Crippen LogP contribution >= 0.6 is 0 Å². The third-order valence-corrected chi connectivity index (χ3v) is 7.90. The number of aromatic nitrogens is 2. The van der Waals surface area contributed by atoms with Crippen molar-refractivity contribution in [2.75, 3.05) is 4.90 Å². The van der Waals surface area contributed by atoms with Gasteiger partial charge in [0.05, 0.1) is 22.2 Å². The molecule has 0 aliphatic heterocycles. The van der Waals surface area contributed by atoms with Crippen molar-refractivity contribution in [1.29, 1.82) is 0 Å². The molecule has 0 N–H and O–H groups in total. The summed E-state index contributed by atoms with van der Waals surface area (Å²) in [5.41, 5.74) is 9.97. The van der Waals surface area contributed by atoms with E-state index in [1.807, 2.05) is 49.5 Å². The zero-order valence-corrected chi connectivity index (χ0v) is 24.4. The molecule has 0 bridgehead atoms. The fourth-order valence-electron chi connectivity index (χ4n) is 5.76. The molecule has 0 aliphatic carbocycles. The molecule has 3 nitrogen and oxygen atoms in total. The number of terminal acetylenes is 1. The number of pyridine rings is 2. The first-order valence-electron chi connectivity index (χ1n) is 14.7. The normalized spacial score (nSPS) is 11.8. The van der Waals surface area contributed by atoms with Gasteiger partial charge in [-0.3, -0.25) is 4.98 Å². The largest absolute Gasteiger partial charge is 0.309 e. The maximum Gasteiger partial charge on any atom is 0.0993 e. The van der Waals surface area contributed by atoms with Crippen molar-refractivity contribution in [3.05, 3.63) is 157 Å². The van der Waals surface area contributed by atoms with Crippen molar-refractivity contribution in [1.82, 2.24) is 9.97 Å². The minimum Gasteiger partial charge on any atom is -0.309 e. The van der Waals surface area contributed by atoms with Gasteiger partial charge in [-0.15, -0.1) is 6.42 Å². The van der Waals surface area contributed by atoms with Gasteiger partial charge < -0.3 is 4.90 Å². The highest BCUT2D eigenvalue weighted by Crippen LogP contribution is 2.44. The second-order valence-electron chi connectivity index (χ2n) is 10.6. The van der Waals surface area contributed by atoms with E-state index in [1.165, 1.54) is 5.56 Å². The molecule has 0 aliphatic rings. The molecule has 7 rings (SSSR count). The van der Waals surface area contributed by atoms with Gasteiger partial charge in [0.25, 0.3) is 0 Å². The lowest BCUT2D eigenvalue weighted by Gasteiger charge is -2.28. The van der Waals surface area contributed by atoms with Crippen molar-refractivity contribution < 1.29 is 0 Å². The van der Waals surface area contributed by atoms with Crippen LogP contribution in [0.4, 0.5) is 17.1 Å². The summed E-state index contributed by atoms with van der Waals surface area (Å²) >= 11 is 0.